The summed E-state index contributed by atoms with van der Waals surface area (Å²) in [4.78, 5) is 0. The molecule has 1 atom stereocenters. The van der Waals surface area contributed by atoms with Gasteiger partial charge in [0.25, 0.3) is 0 Å². The minimum absolute atomic E-state index is 0.356. The second kappa shape index (κ2) is 5.29. The van der Waals surface area contributed by atoms with Crippen LogP contribution in [0.3, 0.4) is 0 Å². The Hall–Kier alpha value is -0.390. The van der Waals surface area contributed by atoms with Crippen molar-refractivity contribution in [2.45, 2.75) is 25.5 Å². The number of hydrogen-bond acceptors (Lipinski definition) is 2. The van der Waals surface area contributed by atoms with Crippen molar-refractivity contribution in [3.63, 3.8) is 0 Å². The van der Waals surface area contributed by atoms with Crippen LogP contribution >= 0.6 is 15.9 Å². The Morgan fingerprint density at radius 2 is 2.06 bits per heavy atom. The highest BCUT2D eigenvalue weighted by molar-refractivity contribution is 9.10. The van der Waals surface area contributed by atoms with Crippen LogP contribution in [0.2, 0.25) is 0 Å². The second-order valence-electron chi connectivity index (χ2n) is 4.27. The molecule has 2 nitrogen and oxygen atoms in total. The van der Waals surface area contributed by atoms with Crippen LogP contribution in [0.1, 0.15) is 26.3 Å². The van der Waals surface area contributed by atoms with E-state index in [1.807, 2.05) is 20.8 Å². The first-order valence-electron chi connectivity index (χ1n) is 4.72. The van der Waals surface area contributed by atoms with Crippen LogP contribution in [0.5, 0.6) is 0 Å². The Morgan fingerprint density at radius 3 is 2.56 bits per heavy atom. The first kappa shape index (κ1) is 13.7. The van der Waals surface area contributed by atoms with Crippen molar-refractivity contribution in [3.8, 4) is 0 Å². The van der Waals surface area contributed by atoms with E-state index in [1.165, 1.54) is 12.3 Å². The van der Waals surface area contributed by atoms with Crippen molar-refractivity contribution in [3.05, 3.63) is 34.1 Å². The first-order chi connectivity index (χ1) is 7.30. The summed E-state index contributed by atoms with van der Waals surface area (Å²) in [5.74, 6) is -0.356. The van der Waals surface area contributed by atoms with Gasteiger partial charge in [-0.05, 0) is 48.8 Å². The molecule has 1 aromatic rings. The first-order valence-corrected chi connectivity index (χ1v) is 6.62. The Morgan fingerprint density at radius 1 is 1.44 bits per heavy atom. The highest BCUT2D eigenvalue weighted by Crippen LogP contribution is 2.18. The lowest BCUT2D eigenvalue weighted by Crippen LogP contribution is -2.25. The largest absolute Gasteiger partial charge is 0.591 e. The smallest absolute Gasteiger partial charge is 0.144 e. The summed E-state index contributed by atoms with van der Waals surface area (Å²) in [7, 11) is 0. The van der Waals surface area contributed by atoms with Gasteiger partial charge < -0.3 is 4.55 Å². The van der Waals surface area contributed by atoms with Crippen molar-refractivity contribution in [2.75, 3.05) is 0 Å². The van der Waals surface area contributed by atoms with E-state index in [0.717, 1.165) is 0 Å². The van der Waals surface area contributed by atoms with Crippen LogP contribution in [-0.2, 0) is 11.4 Å². The van der Waals surface area contributed by atoms with E-state index in [4.69, 9.17) is 0 Å². The summed E-state index contributed by atoms with van der Waals surface area (Å²) >= 11 is 1.75. The Kier molecular flexibility index (Phi) is 4.52. The normalized spacial score (nSPS) is 14.4. The van der Waals surface area contributed by atoms with Gasteiger partial charge in [-0.25, -0.2) is 4.39 Å². The van der Waals surface area contributed by atoms with Crippen LogP contribution in [0, 0.1) is 5.82 Å². The number of rotatable bonds is 2. The second-order valence-corrected chi connectivity index (χ2v) is 7.06. The third-order valence-electron chi connectivity index (χ3n) is 1.77. The van der Waals surface area contributed by atoms with Gasteiger partial charge in [0.2, 0.25) is 0 Å². The summed E-state index contributed by atoms with van der Waals surface area (Å²) < 4.78 is 28.7. The van der Waals surface area contributed by atoms with Gasteiger partial charge in [0, 0.05) is 5.56 Å². The van der Waals surface area contributed by atoms with Crippen LogP contribution in [-0.4, -0.2) is 15.5 Å². The average molecular weight is 306 g/mol. The molecule has 0 saturated carbocycles. The van der Waals surface area contributed by atoms with Gasteiger partial charge >= 0.3 is 0 Å². The van der Waals surface area contributed by atoms with Crippen LogP contribution in [0.4, 0.5) is 4.39 Å². The summed E-state index contributed by atoms with van der Waals surface area (Å²) in [5.41, 5.74) is 0.596. The van der Waals surface area contributed by atoms with E-state index >= 15 is 0 Å². The molecule has 0 N–H and O–H groups in total. The Labute approximate surface area is 106 Å². The summed E-state index contributed by atoms with van der Waals surface area (Å²) in [5, 5.41) is 0. The van der Waals surface area contributed by atoms with Crippen LogP contribution in [0.15, 0.2) is 27.1 Å². The van der Waals surface area contributed by atoms with E-state index in [0.29, 0.717) is 10.0 Å². The summed E-state index contributed by atoms with van der Waals surface area (Å²) in [6, 6.07) is 4.64. The molecular formula is C11H13BrFNOS. The number of halogens is 2. The number of nitrogens with zero attached hydrogens (tertiary/aromatic N) is 1. The lowest BCUT2D eigenvalue weighted by molar-refractivity contribution is 0.562. The maximum Gasteiger partial charge on any atom is 0.144 e. The molecule has 0 spiro atoms. The zero-order valence-corrected chi connectivity index (χ0v) is 11.7. The van der Waals surface area contributed by atoms with Gasteiger partial charge in [-0.15, -0.1) is 0 Å². The van der Waals surface area contributed by atoms with E-state index in [-0.39, 0.29) is 5.82 Å². The summed E-state index contributed by atoms with van der Waals surface area (Å²) in [6.07, 6.45) is 1.43. The van der Waals surface area contributed by atoms with Gasteiger partial charge in [0.15, 0.2) is 0 Å². The average Bonchev–Trinajstić information content (AvgIpc) is 2.18. The predicted octanol–water partition coefficient (Wildman–Crippen LogP) is 3.47. The molecule has 0 aliphatic carbocycles. The van der Waals surface area contributed by atoms with Crippen LogP contribution < -0.4 is 0 Å². The molecule has 0 aliphatic heterocycles. The number of benzene rings is 1. The Balaban J connectivity index is 2.81. The quantitative estimate of drug-likeness (QED) is 0.608. The summed E-state index contributed by atoms with van der Waals surface area (Å²) in [6.45, 7) is 5.51. The lowest BCUT2D eigenvalue weighted by atomic mass is 10.2. The third-order valence-corrected chi connectivity index (χ3v) is 3.75. The maximum absolute atomic E-state index is 13.2. The van der Waals surface area contributed by atoms with E-state index < -0.39 is 16.1 Å². The third kappa shape index (κ3) is 3.88. The molecule has 1 unspecified atom stereocenters. The van der Waals surface area contributed by atoms with Gasteiger partial charge in [-0.2, -0.15) is 0 Å². The van der Waals surface area contributed by atoms with E-state index in [2.05, 4.69) is 20.3 Å². The zero-order valence-electron chi connectivity index (χ0n) is 9.33. The molecule has 0 fully saturated rings. The maximum atomic E-state index is 13.2. The molecular weight excluding hydrogens is 293 g/mol. The Bertz CT molecular complexity index is 403. The molecule has 88 valence electrons. The monoisotopic (exact) mass is 305 g/mol. The molecule has 0 heterocycles. The van der Waals surface area contributed by atoms with Gasteiger partial charge in [0.1, 0.15) is 21.9 Å². The molecule has 1 rings (SSSR count). The van der Waals surface area contributed by atoms with Gasteiger partial charge in [0.05, 0.1) is 10.7 Å². The molecule has 0 radical (unpaired) electrons. The lowest BCUT2D eigenvalue weighted by Gasteiger charge is -2.17. The van der Waals surface area contributed by atoms with Crippen molar-refractivity contribution < 1.29 is 8.94 Å². The molecule has 0 aliphatic rings. The molecule has 16 heavy (non-hydrogen) atoms. The fraction of sp³-hybridized carbons (Fsp3) is 0.364. The molecule has 0 saturated heterocycles. The predicted molar refractivity (Wildman–Crippen MR) is 69.6 cm³/mol. The molecule has 0 bridgehead atoms. The minimum atomic E-state index is -1.31. The molecule has 0 aromatic heterocycles. The highest BCUT2D eigenvalue weighted by atomic mass is 79.9. The van der Waals surface area contributed by atoms with Crippen molar-refractivity contribution in [1.82, 2.24) is 0 Å². The van der Waals surface area contributed by atoms with E-state index in [1.54, 1.807) is 12.1 Å². The SMILES string of the molecule is CC(C)(C)[S+]([O-])/N=C/c1ccc(Br)c(F)c1. The number of hydrogen-bond donors (Lipinski definition) is 0. The highest BCUT2D eigenvalue weighted by Gasteiger charge is 2.25. The molecule has 0 amide bonds. The van der Waals surface area contributed by atoms with Crippen molar-refractivity contribution in [1.29, 1.82) is 0 Å². The minimum Gasteiger partial charge on any atom is -0.591 e. The topological polar surface area (TPSA) is 35.4 Å². The molecule has 5 heteroatoms. The standard InChI is InChI=1S/C11H13BrFNOS/c1-11(2,3)16(15)14-7-8-4-5-9(12)10(13)6-8/h4-7H,1-3H3/b14-7+. The van der Waals surface area contributed by atoms with Crippen LogP contribution in [0.25, 0.3) is 0 Å². The molecule has 1 aromatic carbocycles. The van der Waals surface area contributed by atoms with E-state index in [9.17, 15) is 8.94 Å². The van der Waals surface area contributed by atoms with Gasteiger partial charge in [-0.3, -0.25) is 0 Å². The van der Waals surface area contributed by atoms with Crippen molar-refractivity contribution >= 4 is 33.5 Å². The zero-order chi connectivity index (χ0) is 12.3. The fourth-order valence-corrected chi connectivity index (χ4v) is 1.64. The van der Waals surface area contributed by atoms with Gasteiger partial charge in [-0.1, -0.05) is 10.5 Å². The fourth-order valence-electron chi connectivity index (χ4n) is 0.860. The van der Waals surface area contributed by atoms with Crippen molar-refractivity contribution in [2.24, 2.45) is 4.40 Å².